The number of hydrogen-bond donors (Lipinski definition) is 2. The van der Waals surface area contributed by atoms with Gasteiger partial charge in [0.25, 0.3) is 0 Å². The first-order valence-electron chi connectivity index (χ1n) is 13.2. The zero-order valence-electron chi connectivity index (χ0n) is 22.0. The van der Waals surface area contributed by atoms with Gasteiger partial charge in [0.2, 0.25) is 0 Å². The van der Waals surface area contributed by atoms with Crippen LogP contribution in [-0.2, 0) is 16.0 Å². The number of piperidine rings is 1. The van der Waals surface area contributed by atoms with Crippen molar-refractivity contribution in [3.8, 4) is 0 Å². The van der Waals surface area contributed by atoms with Crippen molar-refractivity contribution in [3.05, 3.63) is 46.6 Å². The molecule has 9 heteroatoms. The molecule has 3 aromatic rings. The number of aromatic nitrogens is 2. The molecule has 2 aliphatic heterocycles. The van der Waals surface area contributed by atoms with Crippen LogP contribution >= 0.6 is 11.3 Å². The molecule has 196 valence electrons. The third-order valence-electron chi connectivity index (χ3n) is 7.84. The Balaban J connectivity index is 1.38. The van der Waals surface area contributed by atoms with E-state index in [-0.39, 0.29) is 6.04 Å². The highest BCUT2D eigenvalue weighted by atomic mass is 32.1. The number of thiazole rings is 1. The summed E-state index contributed by atoms with van der Waals surface area (Å²) in [6, 6.07) is 7.97. The van der Waals surface area contributed by atoms with Crippen LogP contribution in [0.5, 0.6) is 0 Å². The summed E-state index contributed by atoms with van der Waals surface area (Å²) in [5.41, 5.74) is 9.23. The lowest BCUT2D eigenvalue weighted by Crippen LogP contribution is -2.46. The van der Waals surface area contributed by atoms with Crippen molar-refractivity contribution in [1.82, 2.24) is 19.8 Å². The van der Waals surface area contributed by atoms with Gasteiger partial charge < -0.3 is 20.9 Å². The first kappa shape index (κ1) is 25.6. The zero-order valence-corrected chi connectivity index (χ0v) is 22.8. The van der Waals surface area contributed by atoms with Crippen LogP contribution in [-0.4, -0.2) is 58.3 Å². The molecule has 0 spiro atoms. The molecule has 2 amide bonds. The minimum absolute atomic E-state index is 0.156. The van der Waals surface area contributed by atoms with Crippen LogP contribution in [0.3, 0.4) is 0 Å². The van der Waals surface area contributed by atoms with E-state index in [4.69, 9.17) is 10.7 Å². The Bertz CT molecular complexity index is 1320. The molecule has 0 unspecified atom stereocenters. The summed E-state index contributed by atoms with van der Waals surface area (Å²) in [7, 11) is 2.17. The van der Waals surface area contributed by atoms with Gasteiger partial charge in [0.15, 0.2) is 0 Å². The van der Waals surface area contributed by atoms with Crippen LogP contribution in [0.1, 0.15) is 61.7 Å². The van der Waals surface area contributed by atoms with Gasteiger partial charge in [-0.15, -0.1) is 11.3 Å². The third-order valence-corrected chi connectivity index (χ3v) is 9.01. The number of carbonyl (C=O) groups excluding carboxylic acids is 2. The van der Waals surface area contributed by atoms with Gasteiger partial charge in [-0.1, -0.05) is 26.8 Å². The van der Waals surface area contributed by atoms with E-state index in [1.165, 1.54) is 15.9 Å². The fourth-order valence-electron chi connectivity index (χ4n) is 5.77. The molecule has 2 fully saturated rings. The summed E-state index contributed by atoms with van der Waals surface area (Å²) < 4.78 is 1.17. The van der Waals surface area contributed by atoms with Crippen LogP contribution < -0.4 is 11.1 Å². The number of anilines is 2. The average Bonchev–Trinajstić information content (AvgIpc) is 3.45. The largest absolute Gasteiger partial charge is 0.383 e. The number of likely N-dealkylation sites (N-methyl/N-ethyl adjacent to an activating group) is 1. The number of benzene rings is 1. The van der Waals surface area contributed by atoms with Crippen LogP contribution in [0, 0.1) is 11.8 Å². The van der Waals surface area contributed by atoms with Gasteiger partial charge >= 0.3 is 11.8 Å². The van der Waals surface area contributed by atoms with Crippen molar-refractivity contribution in [2.24, 2.45) is 11.8 Å². The molecule has 0 aliphatic carbocycles. The van der Waals surface area contributed by atoms with E-state index in [9.17, 15) is 9.59 Å². The molecule has 1 aromatic carbocycles. The highest BCUT2D eigenvalue weighted by Gasteiger charge is 2.35. The fourth-order valence-corrected chi connectivity index (χ4v) is 6.94. The molecular weight excluding hydrogens is 484 g/mol. The van der Waals surface area contributed by atoms with Gasteiger partial charge in [0.05, 0.1) is 33.2 Å². The molecule has 37 heavy (non-hydrogen) atoms. The Kier molecular flexibility index (Phi) is 7.18. The van der Waals surface area contributed by atoms with E-state index < -0.39 is 11.8 Å². The molecular formula is C28H36N6O2S. The Morgan fingerprint density at radius 3 is 2.70 bits per heavy atom. The second-order valence-electron chi connectivity index (χ2n) is 10.8. The molecule has 8 nitrogen and oxygen atoms in total. The van der Waals surface area contributed by atoms with Crippen molar-refractivity contribution in [1.29, 1.82) is 0 Å². The number of fused-ring (bicyclic) bond motifs is 1. The van der Waals surface area contributed by atoms with Gasteiger partial charge in [0.1, 0.15) is 5.82 Å². The van der Waals surface area contributed by atoms with E-state index in [1.54, 1.807) is 22.3 Å². The number of hydrogen-bond acceptors (Lipinski definition) is 7. The maximum atomic E-state index is 13.4. The highest BCUT2D eigenvalue weighted by molar-refractivity contribution is 7.18. The van der Waals surface area contributed by atoms with E-state index >= 15 is 0 Å². The van der Waals surface area contributed by atoms with Crippen molar-refractivity contribution < 1.29 is 9.59 Å². The number of carbonyl (C=O) groups is 2. The second kappa shape index (κ2) is 10.4. The minimum Gasteiger partial charge on any atom is -0.383 e. The first-order valence-corrected chi connectivity index (χ1v) is 14.0. The summed E-state index contributed by atoms with van der Waals surface area (Å²) >= 11 is 1.78. The number of nitrogens with one attached hydrogen (secondary N) is 1. The summed E-state index contributed by atoms with van der Waals surface area (Å²) in [6.45, 7) is 9.07. The number of aryl methyl sites for hydroxylation is 1. The number of likely N-dealkylation sites (tertiary alicyclic amines) is 2. The van der Waals surface area contributed by atoms with Gasteiger partial charge in [0, 0.05) is 25.6 Å². The fraction of sp³-hybridized carbons (Fsp3) is 0.500. The number of amides is 2. The molecule has 2 aromatic heterocycles. The lowest BCUT2D eigenvalue weighted by Gasteiger charge is -2.38. The van der Waals surface area contributed by atoms with Gasteiger partial charge in [-0.25, -0.2) is 9.97 Å². The molecule has 0 bridgehead atoms. The number of nitrogens with two attached hydrogens (primary N) is 1. The van der Waals surface area contributed by atoms with Gasteiger partial charge in [-0.2, -0.15) is 0 Å². The van der Waals surface area contributed by atoms with Crippen LogP contribution in [0.2, 0.25) is 0 Å². The van der Waals surface area contributed by atoms with E-state index in [0.29, 0.717) is 42.2 Å². The summed E-state index contributed by atoms with van der Waals surface area (Å²) in [4.78, 5) is 39.7. The summed E-state index contributed by atoms with van der Waals surface area (Å²) in [5.74, 6) is 0.637. The van der Waals surface area contributed by atoms with Crippen molar-refractivity contribution in [2.45, 2.75) is 52.0 Å². The van der Waals surface area contributed by atoms with Gasteiger partial charge in [-0.05, 0) is 67.5 Å². The number of nitrogens with zero attached hydrogens (tertiary/aromatic N) is 4. The standard InChI is InChI=1S/C28H36N6O2S/c1-5-18-10-20(12-30-25(18)29)31-26(35)28(36)34-13-16(2)6-8-23(34)19-7-9-24-22(11-19)32-27(37-24)21-15-33(4)14-17(21)3/h7,9-12,16-17,21,23H,5-6,8,13-15H2,1-4H3,(H2,29,30)(H,31,35)/t16-,17+,21+,23+/m0/s1. The van der Waals surface area contributed by atoms with E-state index in [2.05, 4.69) is 54.3 Å². The van der Waals surface area contributed by atoms with Crippen molar-refractivity contribution in [3.63, 3.8) is 0 Å². The molecule has 5 rings (SSSR count). The Morgan fingerprint density at radius 1 is 1.16 bits per heavy atom. The molecule has 3 N–H and O–H groups in total. The SMILES string of the molecule is CCc1cc(NC(=O)C(=O)N2C[C@@H](C)CC[C@@H]2c2ccc3sc([C@@H]4CN(C)C[C@H]4C)nc3c2)cnc1N. The Morgan fingerprint density at radius 2 is 1.97 bits per heavy atom. The van der Waals surface area contributed by atoms with Crippen LogP contribution in [0.25, 0.3) is 10.2 Å². The first-order chi connectivity index (χ1) is 17.7. The molecule has 2 saturated heterocycles. The lowest BCUT2D eigenvalue weighted by atomic mass is 9.89. The maximum Gasteiger partial charge on any atom is 0.313 e. The van der Waals surface area contributed by atoms with E-state index in [1.807, 2.05) is 6.92 Å². The van der Waals surface area contributed by atoms with Crippen LogP contribution in [0.4, 0.5) is 11.5 Å². The van der Waals surface area contributed by atoms with Crippen LogP contribution in [0.15, 0.2) is 30.5 Å². The Hall–Kier alpha value is -3.04. The smallest absolute Gasteiger partial charge is 0.313 e. The average molecular weight is 521 g/mol. The monoisotopic (exact) mass is 520 g/mol. The predicted octanol–water partition coefficient (Wildman–Crippen LogP) is 4.44. The quantitative estimate of drug-likeness (QED) is 0.493. The maximum absolute atomic E-state index is 13.4. The van der Waals surface area contributed by atoms with Crippen molar-refractivity contribution in [2.75, 3.05) is 37.7 Å². The summed E-state index contributed by atoms with van der Waals surface area (Å²) in [5, 5.41) is 3.93. The van der Waals surface area contributed by atoms with Gasteiger partial charge in [-0.3, -0.25) is 9.59 Å². The zero-order chi connectivity index (χ0) is 26.3. The molecule has 4 atom stereocenters. The Labute approximate surface area is 222 Å². The minimum atomic E-state index is -0.649. The number of nitrogen functional groups attached to an aromatic ring is 1. The topological polar surface area (TPSA) is 104 Å². The second-order valence-corrected chi connectivity index (χ2v) is 11.9. The number of rotatable bonds is 4. The molecule has 0 radical (unpaired) electrons. The highest BCUT2D eigenvalue weighted by Crippen LogP contribution is 2.39. The molecule has 4 heterocycles. The lowest BCUT2D eigenvalue weighted by molar-refractivity contribution is -0.146. The third kappa shape index (κ3) is 5.20. The molecule has 2 aliphatic rings. The van der Waals surface area contributed by atoms with E-state index in [0.717, 1.165) is 42.6 Å². The predicted molar refractivity (Wildman–Crippen MR) is 149 cm³/mol. The normalized spacial score (nSPS) is 24.5. The summed E-state index contributed by atoms with van der Waals surface area (Å²) in [6.07, 6.45) is 4.01. The number of pyridine rings is 1. The molecule has 0 saturated carbocycles. The van der Waals surface area contributed by atoms with Crippen molar-refractivity contribution >= 4 is 44.9 Å².